The molecule has 1 aliphatic carbocycles. The standard InChI is InChI=1S/C14H9NO3/c15-11-6-7(16)5-10-12(11)14(18)9-4-2-1-3-8(9)13(10)17/h1-6,16H,15H2. The van der Waals surface area contributed by atoms with Gasteiger partial charge in [-0.05, 0) is 6.07 Å². The van der Waals surface area contributed by atoms with Crippen LogP contribution in [-0.2, 0) is 0 Å². The number of rotatable bonds is 0. The highest BCUT2D eigenvalue weighted by molar-refractivity contribution is 6.30. The SMILES string of the molecule is Nc1cc(O)cc2c1C(=O)c1ccccc1C2=O. The smallest absolute Gasteiger partial charge is 0.196 e. The molecule has 0 atom stereocenters. The summed E-state index contributed by atoms with van der Waals surface area (Å²) in [5.74, 6) is -0.688. The van der Waals surface area contributed by atoms with Crippen LogP contribution >= 0.6 is 0 Å². The molecule has 2 aromatic carbocycles. The van der Waals surface area contributed by atoms with Crippen molar-refractivity contribution in [1.29, 1.82) is 0 Å². The van der Waals surface area contributed by atoms with E-state index in [1.807, 2.05) is 0 Å². The summed E-state index contributed by atoms with van der Waals surface area (Å²) in [4.78, 5) is 24.5. The number of hydrogen-bond donors (Lipinski definition) is 2. The topological polar surface area (TPSA) is 80.4 Å². The Labute approximate surface area is 103 Å². The summed E-state index contributed by atoms with van der Waals surface area (Å²) < 4.78 is 0. The summed E-state index contributed by atoms with van der Waals surface area (Å²) in [6, 6.07) is 9.15. The molecule has 0 aromatic heterocycles. The highest BCUT2D eigenvalue weighted by Gasteiger charge is 2.31. The molecular formula is C14H9NO3. The molecule has 2 aromatic rings. The van der Waals surface area contributed by atoms with Gasteiger partial charge in [0, 0.05) is 28.4 Å². The van der Waals surface area contributed by atoms with Crippen molar-refractivity contribution < 1.29 is 14.7 Å². The van der Waals surface area contributed by atoms with E-state index in [0.29, 0.717) is 11.1 Å². The number of carbonyl (C=O) groups is 2. The van der Waals surface area contributed by atoms with Crippen molar-refractivity contribution in [1.82, 2.24) is 0 Å². The van der Waals surface area contributed by atoms with Crippen molar-refractivity contribution in [3.05, 3.63) is 58.7 Å². The number of hydrogen-bond acceptors (Lipinski definition) is 4. The monoisotopic (exact) mass is 239 g/mol. The fraction of sp³-hybridized carbons (Fsp3) is 0. The first-order valence-corrected chi connectivity index (χ1v) is 5.40. The van der Waals surface area contributed by atoms with Crippen molar-refractivity contribution >= 4 is 17.3 Å². The van der Waals surface area contributed by atoms with E-state index in [0.717, 1.165) is 0 Å². The predicted molar refractivity (Wildman–Crippen MR) is 65.8 cm³/mol. The average Bonchev–Trinajstić information content (AvgIpc) is 2.35. The lowest BCUT2D eigenvalue weighted by Gasteiger charge is -2.18. The summed E-state index contributed by atoms with van der Waals surface area (Å²) in [6.45, 7) is 0. The van der Waals surface area contributed by atoms with Gasteiger partial charge in [-0.2, -0.15) is 0 Å². The van der Waals surface area contributed by atoms with Crippen LogP contribution in [0.4, 0.5) is 5.69 Å². The summed E-state index contributed by atoms with van der Waals surface area (Å²) >= 11 is 0. The largest absolute Gasteiger partial charge is 0.508 e. The lowest BCUT2D eigenvalue weighted by atomic mass is 9.83. The number of carbonyl (C=O) groups excluding carboxylic acids is 2. The molecule has 0 radical (unpaired) electrons. The second kappa shape index (κ2) is 3.43. The number of anilines is 1. The number of benzene rings is 2. The van der Waals surface area contributed by atoms with Crippen LogP contribution in [0.15, 0.2) is 36.4 Å². The van der Waals surface area contributed by atoms with E-state index in [1.165, 1.54) is 12.1 Å². The fourth-order valence-electron chi connectivity index (χ4n) is 2.24. The van der Waals surface area contributed by atoms with Crippen LogP contribution in [0, 0.1) is 0 Å². The number of fused-ring (bicyclic) bond motifs is 2. The Morgan fingerprint density at radius 1 is 0.889 bits per heavy atom. The number of ketones is 2. The molecule has 0 bridgehead atoms. The van der Waals surface area contributed by atoms with Crippen LogP contribution in [-0.4, -0.2) is 16.7 Å². The van der Waals surface area contributed by atoms with Crippen LogP contribution in [0.3, 0.4) is 0 Å². The Kier molecular flexibility index (Phi) is 2.01. The van der Waals surface area contributed by atoms with Crippen LogP contribution < -0.4 is 5.73 Å². The van der Waals surface area contributed by atoms with Crippen molar-refractivity contribution in [3.63, 3.8) is 0 Å². The lowest BCUT2D eigenvalue weighted by molar-refractivity contribution is 0.0979. The molecule has 18 heavy (non-hydrogen) atoms. The third-order valence-electron chi connectivity index (χ3n) is 3.04. The number of phenols is 1. The van der Waals surface area contributed by atoms with Crippen molar-refractivity contribution in [2.45, 2.75) is 0 Å². The number of nitrogen functional groups attached to an aromatic ring is 1. The summed E-state index contributed by atoms with van der Waals surface area (Å²) in [5, 5.41) is 9.48. The molecule has 3 N–H and O–H groups in total. The molecule has 0 unspecified atom stereocenters. The number of aromatic hydroxyl groups is 1. The Morgan fingerprint density at radius 2 is 1.50 bits per heavy atom. The van der Waals surface area contributed by atoms with Gasteiger partial charge in [-0.15, -0.1) is 0 Å². The first kappa shape index (κ1) is 10.5. The molecule has 4 nitrogen and oxygen atoms in total. The lowest BCUT2D eigenvalue weighted by Crippen LogP contribution is -2.22. The average molecular weight is 239 g/mol. The van der Waals surface area contributed by atoms with Gasteiger partial charge in [-0.1, -0.05) is 24.3 Å². The van der Waals surface area contributed by atoms with Gasteiger partial charge in [0.1, 0.15) is 5.75 Å². The van der Waals surface area contributed by atoms with Gasteiger partial charge in [0.25, 0.3) is 0 Å². The zero-order valence-electron chi connectivity index (χ0n) is 9.31. The maximum atomic E-state index is 12.3. The first-order chi connectivity index (χ1) is 8.59. The van der Waals surface area contributed by atoms with Gasteiger partial charge in [0.05, 0.1) is 5.56 Å². The van der Waals surface area contributed by atoms with Crippen molar-refractivity contribution in [2.75, 3.05) is 5.73 Å². The highest BCUT2D eigenvalue weighted by atomic mass is 16.3. The quantitative estimate of drug-likeness (QED) is 0.585. The maximum absolute atomic E-state index is 12.3. The maximum Gasteiger partial charge on any atom is 0.196 e. The molecular weight excluding hydrogens is 230 g/mol. The van der Waals surface area contributed by atoms with Gasteiger partial charge in [0.15, 0.2) is 11.6 Å². The molecule has 0 saturated heterocycles. The summed E-state index contributed by atoms with van der Waals surface area (Å²) in [6.07, 6.45) is 0. The Morgan fingerprint density at radius 3 is 2.17 bits per heavy atom. The van der Waals surface area contributed by atoms with Gasteiger partial charge < -0.3 is 10.8 Å². The molecule has 0 saturated carbocycles. The molecule has 0 aliphatic heterocycles. The van der Waals surface area contributed by atoms with Crippen LogP contribution in [0.5, 0.6) is 5.75 Å². The Hall–Kier alpha value is -2.62. The number of nitrogens with two attached hydrogens (primary N) is 1. The zero-order chi connectivity index (χ0) is 12.9. The third-order valence-corrected chi connectivity index (χ3v) is 3.04. The van der Waals surface area contributed by atoms with E-state index in [-0.39, 0.29) is 34.1 Å². The second-order valence-electron chi connectivity index (χ2n) is 4.16. The number of phenolic OH excluding ortho intramolecular Hbond substituents is 1. The van der Waals surface area contributed by atoms with Crippen molar-refractivity contribution in [3.8, 4) is 5.75 Å². The van der Waals surface area contributed by atoms with E-state index in [4.69, 9.17) is 5.73 Å². The van der Waals surface area contributed by atoms with Gasteiger partial charge in [0.2, 0.25) is 0 Å². The van der Waals surface area contributed by atoms with Crippen LogP contribution in [0.1, 0.15) is 31.8 Å². The van der Waals surface area contributed by atoms with Crippen LogP contribution in [0.25, 0.3) is 0 Å². The fourth-order valence-corrected chi connectivity index (χ4v) is 2.24. The minimum absolute atomic E-state index is 0.119. The summed E-state index contributed by atoms with van der Waals surface area (Å²) in [5.41, 5.74) is 6.88. The predicted octanol–water partition coefficient (Wildman–Crippen LogP) is 1.75. The molecule has 0 spiro atoms. The normalized spacial score (nSPS) is 13.1. The van der Waals surface area contributed by atoms with E-state index < -0.39 is 0 Å². The second-order valence-corrected chi connectivity index (χ2v) is 4.16. The highest BCUT2D eigenvalue weighted by Crippen LogP contribution is 2.33. The zero-order valence-corrected chi connectivity index (χ0v) is 9.31. The molecule has 0 fully saturated rings. The molecule has 4 heteroatoms. The van der Waals surface area contributed by atoms with E-state index >= 15 is 0 Å². The Balaban J connectivity index is 2.37. The molecule has 0 heterocycles. The third kappa shape index (κ3) is 1.26. The van der Waals surface area contributed by atoms with E-state index in [1.54, 1.807) is 24.3 Å². The van der Waals surface area contributed by atoms with Gasteiger partial charge in [-0.3, -0.25) is 9.59 Å². The van der Waals surface area contributed by atoms with Crippen molar-refractivity contribution in [2.24, 2.45) is 0 Å². The van der Waals surface area contributed by atoms with Gasteiger partial charge in [-0.25, -0.2) is 0 Å². The molecule has 1 aliphatic rings. The first-order valence-electron chi connectivity index (χ1n) is 5.40. The van der Waals surface area contributed by atoms with E-state index in [2.05, 4.69) is 0 Å². The molecule has 0 amide bonds. The molecule has 88 valence electrons. The van der Waals surface area contributed by atoms with Gasteiger partial charge >= 0.3 is 0 Å². The van der Waals surface area contributed by atoms with Crippen LogP contribution in [0.2, 0.25) is 0 Å². The minimum atomic E-state index is -0.289. The minimum Gasteiger partial charge on any atom is -0.508 e. The molecule has 3 rings (SSSR count). The summed E-state index contributed by atoms with van der Waals surface area (Å²) in [7, 11) is 0. The Bertz CT molecular complexity index is 704. The van der Waals surface area contributed by atoms with E-state index in [9.17, 15) is 14.7 Å².